The molecule has 0 aromatic heterocycles. The van der Waals surface area contributed by atoms with E-state index in [-0.39, 0.29) is 18.2 Å². The van der Waals surface area contributed by atoms with Crippen molar-refractivity contribution in [3.8, 4) is 17.2 Å². The van der Waals surface area contributed by atoms with Gasteiger partial charge in [0.1, 0.15) is 5.75 Å². The lowest BCUT2D eigenvalue weighted by Crippen LogP contribution is -2.22. The maximum absolute atomic E-state index is 12.2. The van der Waals surface area contributed by atoms with Gasteiger partial charge in [-0.15, -0.1) is 0 Å². The number of rotatable bonds is 7. The number of hydrogen-bond donors (Lipinski definition) is 1. The molecule has 140 valence electrons. The summed E-state index contributed by atoms with van der Waals surface area (Å²) >= 11 is 0. The zero-order valence-corrected chi connectivity index (χ0v) is 14.2. The average molecular weight is 369 g/mol. The molecule has 0 atom stereocenters. The molecule has 8 heteroatoms. The van der Waals surface area contributed by atoms with Gasteiger partial charge in [-0.25, -0.2) is 0 Å². The fourth-order valence-corrected chi connectivity index (χ4v) is 2.13. The molecule has 0 bridgehead atoms. The minimum absolute atomic E-state index is 0.109. The third-order valence-electron chi connectivity index (χ3n) is 3.42. The van der Waals surface area contributed by atoms with E-state index in [1.807, 2.05) is 0 Å². The Kier molecular flexibility index (Phi) is 6.32. The maximum Gasteiger partial charge on any atom is 0.422 e. The van der Waals surface area contributed by atoms with E-state index >= 15 is 0 Å². The molecule has 1 amide bonds. The number of hydrogen-bond acceptors (Lipinski definition) is 4. The lowest BCUT2D eigenvalue weighted by molar-refractivity contribution is -0.153. The van der Waals surface area contributed by atoms with E-state index in [2.05, 4.69) is 10.1 Å². The smallest absolute Gasteiger partial charge is 0.422 e. The number of ether oxygens (including phenoxy) is 3. The Balaban J connectivity index is 1.93. The summed E-state index contributed by atoms with van der Waals surface area (Å²) in [5, 5.41) is 2.72. The number of halogens is 3. The van der Waals surface area contributed by atoms with Crippen LogP contribution < -0.4 is 19.5 Å². The highest BCUT2D eigenvalue weighted by Gasteiger charge is 2.28. The van der Waals surface area contributed by atoms with Gasteiger partial charge in [-0.3, -0.25) is 4.79 Å². The second kappa shape index (κ2) is 8.46. The van der Waals surface area contributed by atoms with E-state index < -0.39 is 12.8 Å². The molecule has 0 fully saturated rings. The lowest BCUT2D eigenvalue weighted by atomic mass is 10.1. The molecule has 0 radical (unpaired) electrons. The summed E-state index contributed by atoms with van der Waals surface area (Å²) in [5.74, 6) is 0.741. The molecule has 0 saturated heterocycles. The summed E-state index contributed by atoms with van der Waals surface area (Å²) in [6.07, 6.45) is -4.38. The standard InChI is InChI=1S/C18H18F3NO4/c1-24-15-8-5-13(9-16(15)25-2)17(23)22-10-12-3-6-14(7-4-12)26-11-18(19,20)21/h3-9H,10-11H2,1-2H3,(H,22,23). The molecule has 0 aliphatic carbocycles. The Hall–Kier alpha value is -2.90. The van der Waals surface area contributed by atoms with Gasteiger partial charge in [-0.05, 0) is 35.9 Å². The molecule has 0 saturated carbocycles. The van der Waals surface area contributed by atoms with Crippen LogP contribution in [0.2, 0.25) is 0 Å². The predicted octanol–water partition coefficient (Wildman–Crippen LogP) is 3.57. The van der Waals surface area contributed by atoms with E-state index in [9.17, 15) is 18.0 Å². The minimum Gasteiger partial charge on any atom is -0.493 e. The molecule has 5 nitrogen and oxygen atoms in total. The highest BCUT2D eigenvalue weighted by molar-refractivity contribution is 5.94. The van der Waals surface area contributed by atoms with Crippen LogP contribution in [-0.2, 0) is 6.54 Å². The number of methoxy groups -OCH3 is 2. The normalized spacial score (nSPS) is 11.0. The Bertz CT molecular complexity index is 745. The Morgan fingerprint density at radius 2 is 1.65 bits per heavy atom. The SMILES string of the molecule is COc1ccc(C(=O)NCc2ccc(OCC(F)(F)F)cc2)cc1OC. The van der Waals surface area contributed by atoms with Crippen molar-refractivity contribution < 1.29 is 32.2 Å². The van der Waals surface area contributed by atoms with E-state index in [1.165, 1.54) is 26.4 Å². The third kappa shape index (κ3) is 5.58. The molecule has 0 aliphatic rings. The monoisotopic (exact) mass is 369 g/mol. The van der Waals surface area contributed by atoms with Crippen LogP contribution in [0.3, 0.4) is 0 Å². The van der Waals surface area contributed by atoms with Crippen LogP contribution >= 0.6 is 0 Å². The topological polar surface area (TPSA) is 56.8 Å². The molecule has 2 aromatic rings. The molecule has 0 heterocycles. The van der Waals surface area contributed by atoms with Gasteiger partial charge in [0.2, 0.25) is 0 Å². The molecule has 2 aromatic carbocycles. The third-order valence-corrected chi connectivity index (χ3v) is 3.42. The number of carbonyl (C=O) groups excluding carboxylic acids is 1. The summed E-state index contributed by atoms with van der Waals surface area (Å²) in [7, 11) is 2.97. The minimum atomic E-state index is -4.38. The molecule has 2 rings (SSSR count). The van der Waals surface area contributed by atoms with E-state index in [0.29, 0.717) is 17.1 Å². The zero-order valence-electron chi connectivity index (χ0n) is 14.2. The van der Waals surface area contributed by atoms with Crippen molar-refractivity contribution in [2.75, 3.05) is 20.8 Å². The Morgan fingerprint density at radius 1 is 1.00 bits per heavy atom. The largest absolute Gasteiger partial charge is 0.493 e. The first-order valence-electron chi connectivity index (χ1n) is 7.61. The van der Waals surface area contributed by atoms with Gasteiger partial charge in [0, 0.05) is 12.1 Å². The Morgan fingerprint density at radius 3 is 2.23 bits per heavy atom. The van der Waals surface area contributed by atoms with Crippen LogP contribution in [0.1, 0.15) is 15.9 Å². The van der Waals surface area contributed by atoms with Crippen LogP contribution in [0.25, 0.3) is 0 Å². The number of nitrogens with one attached hydrogen (secondary N) is 1. The van der Waals surface area contributed by atoms with Gasteiger partial charge in [-0.1, -0.05) is 12.1 Å². The number of amides is 1. The van der Waals surface area contributed by atoms with Crippen molar-refractivity contribution in [3.05, 3.63) is 53.6 Å². The fourth-order valence-electron chi connectivity index (χ4n) is 2.13. The van der Waals surface area contributed by atoms with Crippen LogP contribution in [0.15, 0.2) is 42.5 Å². The second-order valence-corrected chi connectivity index (χ2v) is 5.30. The van der Waals surface area contributed by atoms with Crippen molar-refractivity contribution in [1.82, 2.24) is 5.32 Å². The zero-order chi connectivity index (χ0) is 19.2. The molecular formula is C18H18F3NO4. The molecular weight excluding hydrogens is 351 g/mol. The lowest BCUT2D eigenvalue weighted by Gasteiger charge is -2.11. The fraction of sp³-hybridized carbons (Fsp3) is 0.278. The van der Waals surface area contributed by atoms with Gasteiger partial charge < -0.3 is 19.5 Å². The number of benzene rings is 2. The predicted molar refractivity (Wildman–Crippen MR) is 88.7 cm³/mol. The van der Waals surface area contributed by atoms with E-state index in [0.717, 1.165) is 5.56 Å². The summed E-state index contributed by atoms with van der Waals surface area (Å²) in [6, 6.07) is 10.8. The summed E-state index contributed by atoms with van der Waals surface area (Å²) in [4.78, 5) is 12.2. The van der Waals surface area contributed by atoms with Crippen molar-refractivity contribution in [2.45, 2.75) is 12.7 Å². The maximum atomic E-state index is 12.2. The van der Waals surface area contributed by atoms with Crippen LogP contribution in [0.5, 0.6) is 17.2 Å². The van der Waals surface area contributed by atoms with E-state index in [4.69, 9.17) is 9.47 Å². The average Bonchev–Trinajstić information content (AvgIpc) is 2.64. The van der Waals surface area contributed by atoms with Crippen molar-refractivity contribution >= 4 is 5.91 Å². The highest BCUT2D eigenvalue weighted by Crippen LogP contribution is 2.27. The molecule has 1 N–H and O–H groups in total. The van der Waals surface area contributed by atoms with Gasteiger partial charge in [0.25, 0.3) is 5.91 Å². The van der Waals surface area contributed by atoms with Crippen LogP contribution in [0.4, 0.5) is 13.2 Å². The second-order valence-electron chi connectivity index (χ2n) is 5.30. The summed E-state index contributed by atoms with van der Waals surface area (Å²) in [6.45, 7) is -1.13. The van der Waals surface area contributed by atoms with Gasteiger partial charge in [0.05, 0.1) is 14.2 Å². The molecule has 0 unspecified atom stereocenters. The molecule has 0 aliphatic heterocycles. The highest BCUT2D eigenvalue weighted by atomic mass is 19.4. The van der Waals surface area contributed by atoms with Crippen molar-refractivity contribution in [3.63, 3.8) is 0 Å². The first kappa shape index (κ1) is 19.4. The van der Waals surface area contributed by atoms with Gasteiger partial charge in [-0.2, -0.15) is 13.2 Å². The quantitative estimate of drug-likeness (QED) is 0.811. The van der Waals surface area contributed by atoms with Gasteiger partial charge >= 0.3 is 6.18 Å². The summed E-state index contributed by atoms with van der Waals surface area (Å²) < 4.78 is 51.2. The first-order chi connectivity index (χ1) is 12.3. The molecule has 26 heavy (non-hydrogen) atoms. The van der Waals surface area contributed by atoms with Gasteiger partial charge in [0.15, 0.2) is 18.1 Å². The van der Waals surface area contributed by atoms with Crippen molar-refractivity contribution in [2.24, 2.45) is 0 Å². The number of carbonyl (C=O) groups is 1. The van der Waals surface area contributed by atoms with Crippen LogP contribution in [0, 0.1) is 0 Å². The summed E-state index contributed by atoms with van der Waals surface area (Å²) in [5.41, 5.74) is 1.12. The van der Waals surface area contributed by atoms with Crippen molar-refractivity contribution in [1.29, 1.82) is 0 Å². The Labute approximate surface area is 148 Å². The first-order valence-corrected chi connectivity index (χ1v) is 7.61. The van der Waals surface area contributed by atoms with E-state index in [1.54, 1.807) is 30.3 Å². The van der Waals surface area contributed by atoms with Crippen LogP contribution in [-0.4, -0.2) is 32.9 Å². The molecule has 0 spiro atoms. The number of alkyl halides is 3.